The standard InChI is InChI=1S/C11H13N3O2/c1-2-10(15)13-7-8-14-11(16)9-3-5-12-6-4-9/h2-6H,1,7-8H2,(H,13,15)(H,14,16). The smallest absolute Gasteiger partial charge is 0.251 e. The molecule has 0 unspecified atom stereocenters. The predicted octanol–water partition coefficient (Wildman–Crippen LogP) is 0.114. The Bertz CT molecular complexity index is 376. The van der Waals surface area contributed by atoms with E-state index in [-0.39, 0.29) is 11.8 Å². The second-order valence-electron chi connectivity index (χ2n) is 2.99. The van der Waals surface area contributed by atoms with Gasteiger partial charge in [0.2, 0.25) is 5.91 Å². The number of aromatic nitrogens is 1. The van der Waals surface area contributed by atoms with Crippen LogP contribution in [-0.2, 0) is 4.79 Å². The zero-order chi connectivity index (χ0) is 11.8. The molecule has 0 radical (unpaired) electrons. The van der Waals surface area contributed by atoms with Gasteiger partial charge in [-0.1, -0.05) is 6.58 Å². The Balaban J connectivity index is 2.26. The molecule has 0 spiro atoms. The van der Waals surface area contributed by atoms with Gasteiger partial charge in [-0.3, -0.25) is 14.6 Å². The van der Waals surface area contributed by atoms with E-state index in [1.165, 1.54) is 6.08 Å². The number of rotatable bonds is 5. The Hall–Kier alpha value is -2.17. The molecule has 0 atom stereocenters. The van der Waals surface area contributed by atoms with Gasteiger partial charge in [-0.25, -0.2) is 0 Å². The normalized spacial score (nSPS) is 9.25. The first-order chi connectivity index (χ1) is 7.74. The van der Waals surface area contributed by atoms with Crippen LogP contribution in [-0.4, -0.2) is 29.9 Å². The number of carbonyl (C=O) groups excluding carboxylic acids is 2. The number of hydrogen-bond acceptors (Lipinski definition) is 3. The van der Waals surface area contributed by atoms with Crippen molar-refractivity contribution in [3.8, 4) is 0 Å². The monoisotopic (exact) mass is 219 g/mol. The number of carbonyl (C=O) groups is 2. The topological polar surface area (TPSA) is 71.1 Å². The highest BCUT2D eigenvalue weighted by molar-refractivity contribution is 5.94. The molecule has 0 aliphatic heterocycles. The van der Waals surface area contributed by atoms with Gasteiger partial charge in [0, 0.05) is 31.0 Å². The van der Waals surface area contributed by atoms with E-state index < -0.39 is 0 Å². The van der Waals surface area contributed by atoms with Gasteiger partial charge in [-0.05, 0) is 18.2 Å². The molecule has 1 heterocycles. The van der Waals surface area contributed by atoms with Crippen molar-refractivity contribution in [1.29, 1.82) is 0 Å². The van der Waals surface area contributed by atoms with Crippen LogP contribution in [0.25, 0.3) is 0 Å². The number of nitrogens with one attached hydrogen (secondary N) is 2. The van der Waals surface area contributed by atoms with Gasteiger partial charge in [0.15, 0.2) is 0 Å². The van der Waals surface area contributed by atoms with Crippen molar-refractivity contribution in [3.63, 3.8) is 0 Å². The summed E-state index contributed by atoms with van der Waals surface area (Å²) in [5.41, 5.74) is 0.546. The zero-order valence-electron chi connectivity index (χ0n) is 8.77. The quantitative estimate of drug-likeness (QED) is 0.545. The van der Waals surface area contributed by atoms with Gasteiger partial charge in [-0.2, -0.15) is 0 Å². The first-order valence-corrected chi connectivity index (χ1v) is 4.82. The summed E-state index contributed by atoms with van der Waals surface area (Å²) in [7, 11) is 0. The molecule has 0 bridgehead atoms. The highest BCUT2D eigenvalue weighted by atomic mass is 16.2. The van der Waals surface area contributed by atoms with Crippen LogP contribution < -0.4 is 10.6 Å². The third-order valence-corrected chi connectivity index (χ3v) is 1.84. The summed E-state index contributed by atoms with van der Waals surface area (Å²) >= 11 is 0. The molecular formula is C11H13N3O2. The van der Waals surface area contributed by atoms with Crippen LogP contribution in [0.2, 0.25) is 0 Å². The molecule has 5 nitrogen and oxygen atoms in total. The minimum Gasteiger partial charge on any atom is -0.351 e. The van der Waals surface area contributed by atoms with Crippen LogP contribution in [0.1, 0.15) is 10.4 Å². The summed E-state index contributed by atoms with van der Waals surface area (Å²) in [6, 6.07) is 3.25. The van der Waals surface area contributed by atoms with E-state index in [0.29, 0.717) is 18.7 Å². The third kappa shape index (κ3) is 3.91. The lowest BCUT2D eigenvalue weighted by molar-refractivity contribution is -0.116. The van der Waals surface area contributed by atoms with Crippen LogP contribution in [0, 0.1) is 0 Å². The summed E-state index contributed by atoms with van der Waals surface area (Å²) in [6.45, 7) is 4.07. The molecule has 0 fully saturated rings. The van der Waals surface area contributed by atoms with Crippen molar-refractivity contribution < 1.29 is 9.59 Å². The molecule has 1 rings (SSSR count). The zero-order valence-corrected chi connectivity index (χ0v) is 8.77. The molecule has 0 saturated heterocycles. The van der Waals surface area contributed by atoms with Crippen molar-refractivity contribution in [2.24, 2.45) is 0 Å². The maximum absolute atomic E-state index is 11.5. The number of pyridine rings is 1. The van der Waals surface area contributed by atoms with E-state index in [2.05, 4.69) is 22.2 Å². The molecule has 16 heavy (non-hydrogen) atoms. The van der Waals surface area contributed by atoms with Crippen molar-refractivity contribution in [3.05, 3.63) is 42.7 Å². The minimum atomic E-state index is -0.252. The van der Waals surface area contributed by atoms with Gasteiger partial charge >= 0.3 is 0 Å². The third-order valence-electron chi connectivity index (χ3n) is 1.84. The summed E-state index contributed by atoms with van der Waals surface area (Å²) in [4.78, 5) is 26.1. The molecule has 1 aromatic heterocycles. The first-order valence-electron chi connectivity index (χ1n) is 4.82. The minimum absolute atomic E-state index is 0.185. The summed E-state index contributed by atoms with van der Waals surface area (Å²) in [6.07, 6.45) is 4.29. The maximum atomic E-state index is 11.5. The molecule has 0 saturated carbocycles. The summed E-state index contributed by atoms with van der Waals surface area (Å²) in [5.74, 6) is -0.437. The van der Waals surface area contributed by atoms with E-state index in [9.17, 15) is 9.59 Å². The van der Waals surface area contributed by atoms with Gasteiger partial charge < -0.3 is 10.6 Å². The van der Waals surface area contributed by atoms with Crippen molar-refractivity contribution in [2.75, 3.05) is 13.1 Å². The Morgan fingerprint density at radius 3 is 2.50 bits per heavy atom. The summed E-state index contributed by atoms with van der Waals surface area (Å²) in [5, 5.41) is 5.22. The van der Waals surface area contributed by atoms with E-state index >= 15 is 0 Å². The van der Waals surface area contributed by atoms with Crippen LogP contribution in [0.3, 0.4) is 0 Å². The van der Waals surface area contributed by atoms with Crippen molar-refractivity contribution in [2.45, 2.75) is 0 Å². The molecule has 5 heteroatoms. The second-order valence-corrected chi connectivity index (χ2v) is 2.99. The van der Waals surface area contributed by atoms with Crippen molar-refractivity contribution in [1.82, 2.24) is 15.6 Å². The lowest BCUT2D eigenvalue weighted by atomic mass is 10.2. The van der Waals surface area contributed by atoms with Gasteiger partial charge in [0.05, 0.1) is 0 Å². The Labute approximate surface area is 93.6 Å². The molecule has 1 aromatic rings. The number of hydrogen-bond donors (Lipinski definition) is 2. The predicted molar refractivity (Wildman–Crippen MR) is 59.8 cm³/mol. The molecule has 0 aromatic carbocycles. The van der Waals surface area contributed by atoms with E-state index in [4.69, 9.17) is 0 Å². The molecule has 2 amide bonds. The highest BCUT2D eigenvalue weighted by Gasteiger charge is 2.02. The van der Waals surface area contributed by atoms with E-state index in [1.807, 2.05) is 0 Å². The Morgan fingerprint density at radius 1 is 1.25 bits per heavy atom. The van der Waals surface area contributed by atoms with Crippen molar-refractivity contribution >= 4 is 11.8 Å². The maximum Gasteiger partial charge on any atom is 0.251 e. The fraction of sp³-hybridized carbons (Fsp3) is 0.182. The van der Waals surface area contributed by atoms with Crippen LogP contribution >= 0.6 is 0 Å². The molecular weight excluding hydrogens is 206 g/mol. The molecule has 0 aliphatic carbocycles. The average Bonchev–Trinajstić information content (AvgIpc) is 2.35. The lowest BCUT2D eigenvalue weighted by Gasteiger charge is -2.05. The second kappa shape index (κ2) is 6.34. The van der Waals surface area contributed by atoms with Crippen LogP contribution in [0.5, 0.6) is 0 Å². The van der Waals surface area contributed by atoms with E-state index in [1.54, 1.807) is 24.5 Å². The largest absolute Gasteiger partial charge is 0.351 e. The lowest BCUT2D eigenvalue weighted by Crippen LogP contribution is -2.33. The van der Waals surface area contributed by atoms with E-state index in [0.717, 1.165) is 0 Å². The Morgan fingerprint density at radius 2 is 1.88 bits per heavy atom. The SMILES string of the molecule is C=CC(=O)NCCNC(=O)c1ccncc1. The van der Waals surface area contributed by atoms with Gasteiger partial charge in [-0.15, -0.1) is 0 Å². The number of nitrogens with zero attached hydrogens (tertiary/aromatic N) is 1. The fourth-order valence-electron chi connectivity index (χ4n) is 1.04. The fourth-order valence-corrected chi connectivity index (χ4v) is 1.04. The summed E-state index contributed by atoms with van der Waals surface area (Å²) < 4.78 is 0. The average molecular weight is 219 g/mol. The molecule has 2 N–H and O–H groups in total. The number of amides is 2. The highest BCUT2D eigenvalue weighted by Crippen LogP contribution is 1.94. The Kier molecular flexibility index (Phi) is 4.72. The first kappa shape index (κ1) is 11.9. The van der Waals surface area contributed by atoms with Gasteiger partial charge in [0.1, 0.15) is 0 Å². The van der Waals surface area contributed by atoms with Gasteiger partial charge in [0.25, 0.3) is 5.91 Å². The van der Waals surface area contributed by atoms with Crippen LogP contribution in [0.4, 0.5) is 0 Å². The molecule has 0 aliphatic rings. The van der Waals surface area contributed by atoms with Crippen LogP contribution in [0.15, 0.2) is 37.2 Å². The molecule has 84 valence electrons.